The SMILES string of the molecule is Cc1c(C)c(C)c(S(=O)(=O)NCC(C)C)c(C)c1C. The van der Waals surface area contributed by atoms with E-state index in [1.807, 2.05) is 48.5 Å². The average molecular weight is 283 g/mol. The summed E-state index contributed by atoms with van der Waals surface area (Å²) in [5.41, 5.74) is 5.02. The number of hydrogen-bond acceptors (Lipinski definition) is 2. The highest BCUT2D eigenvalue weighted by Crippen LogP contribution is 2.29. The number of hydrogen-bond donors (Lipinski definition) is 1. The second-order valence-corrected chi connectivity index (χ2v) is 7.40. The van der Waals surface area contributed by atoms with Gasteiger partial charge < -0.3 is 0 Å². The van der Waals surface area contributed by atoms with Crippen molar-refractivity contribution < 1.29 is 8.42 Å². The molecule has 1 rings (SSSR count). The zero-order chi connectivity index (χ0) is 15.0. The van der Waals surface area contributed by atoms with Crippen LogP contribution in [0.4, 0.5) is 0 Å². The Labute approximate surface area is 117 Å². The van der Waals surface area contributed by atoms with Crippen LogP contribution in [0.25, 0.3) is 0 Å². The molecule has 19 heavy (non-hydrogen) atoms. The lowest BCUT2D eigenvalue weighted by molar-refractivity contribution is 0.559. The summed E-state index contributed by atoms with van der Waals surface area (Å²) < 4.78 is 27.7. The maximum atomic E-state index is 12.5. The van der Waals surface area contributed by atoms with Gasteiger partial charge in [-0.05, 0) is 68.4 Å². The van der Waals surface area contributed by atoms with Gasteiger partial charge in [-0.1, -0.05) is 13.8 Å². The van der Waals surface area contributed by atoms with Gasteiger partial charge in [0, 0.05) is 6.54 Å². The van der Waals surface area contributed by atoms with Gasteiger partial charge >= 0.3 is 0 Å². The van der Waals surface area contributed by atoms with E-state index in [0.29, 0.717) is 17.4 Å². The molecule has 0 atom stereocenters. The van der Waals surface area contributed by atoms with E-state index in [1.54, 1.807) is 0 Å². The van der Waals surface area contributed by atoms with Crippen molar-refractivity contribution in [2.24, 2.45) is 5.92 Å². The summed E-state index contributed by atoms with van der Waals surface area (Å²) in [7, 11) is -3.43. The van der Waals surface area contributed by atoms with Gasteiger partial charge in [-0.25, -0.2) is 13.1 Å². The molecule has 1 aromatic carbocycles. The van der Waals surface area contributed by atoms with Crippen LogP contribution in [0.2, 0.25) is 0 Å². The van der Waals surface area contributed by atoms with Gasteiger partial charge in [0.15, 0.2) is 0 Å². The molecule has 3 nitrogen and oxygen atoms in total. The highest BCUT2D eigenvalue weighted by Gasteiger charge is 2.23. The van der Waals surface area contributed by atoms with Crippen molar-refractivity contribution in [2.45, 2.75) is 53.4 Å². The summed E-state index contributed by atoms with van der Waals surface area (Å²) in [5.74, 6) is 0.294. The maximum absolute atomic E-state index is 12.5. The van der Waals surface area contributed by atoms with Crippen molar-refractivity contribution in [2.75, 3.05) is 6.54 Å². The molecule has 1 aromatic rings. The number of benzene rings is 1. The third-order valence-electron chi connectivity index (χ3n) is 3.88. The first-order chi connectivity index (χ1) is 8.59. The van der Waals surface area contributed by atoms with Crippen molar-refractivity contribution in [3.63, 3.8) is 0 Å². The predicted octanol–water partition coefficient (Wildman–Crippen LogP) is 3.16. The Kier molecular flexibility index (Phi) is 4.80. The maximum Gasteiger partial charge on any atom is 0.241 e. The van der Waals surface area contributed by atoms with E-state index in [4.69, 9.17) is 0 Å². The van der Waals surface area contributed by atoms with E-state index in [-0.39, 0.29) is 0 Å². The molecule has 0 aliphatic carbocycles. The quantitative estimate of drug-likeness (QED) is 0.922. The fourth-order valence-corrected chi connectivity index (χ4v) is 4.03. The Morgan fingerprint density at radius 2 is 1.21 bits per heavy atom. The van der Waals surface area contributed by atoms with Gasteiger partial charge in [0.2, 0.25) is 10.0 Å². The molecule has 0 bridgehead atoms. The number of rotatable bonds is 4. The first kappa shape index (κ1) is 16.2. The van der Waals surface area contributed by atoms with E-state index in [1.165, 1.54) is 5.56 Å². The van der Waals surface area contributed by atoms with E-state index < -0.39 is 10.0 Å². The molecule has 0 aliphatic heterocycles. The molecule has 0 heterocycles. The van der Waals surface area contributed by atoms with Gasteiger partial charge in [0.25, 0.3) is 0 Å². The van der Waals surface area contributed by atoms with Gasteiger partial charge in [-0.3, -0.25) is 0 Å². The zero-order valence-corrected chi connectivity index (χ0v) is 13.8. The minimum atomic E-state index is -3.43. The molecule has 0 spiro atoms. The van der Waals surface area contributed by atoms with Crippen LogP contribution >= 0.6 is 0 Å². The van der Waals surface area contributed by atoms with Gasteiger partial charge in [0.05, 0.1) is 4.90 Å². The van der Waals surface area contributed by atoms with Crippen LogP contribution in [0, 0.1) is 40.5 Å². The first-order valence-corrected chi connectivity index (χ1v) is 8.14. The number of sulfonamides is 1. The summed E-state index contributed by atoms with van der Waals surface area (Å²) in [5, 5.41) is 0. The summed E-state index contributed by atoms with van der Waals surface area (Å²) in [4.78, 5) is 0.453. The third-order valence-corrected chi connectivity index (χ3v) is 5.58. The molecule has 0 radical (unpaired) electrons. The summed E-state index contributed by atoms with van der Waals surface area (Å²) in [6.07, 6.45) is 0. The van der Waals surface area contributed by atoms with E-state index in [2.05, 4.69) is 4.72 Å². The molecule has 4 heteroatoms. The highest BCUT2D eigenvalue weighted by molar-refractivity contribution is 7.89. The second kappa shape index (κ2) is 5.63. The third kappa shape index (κ3) is 3.18. The Hall–Kier alpha value is -0.870. The largest absolute Gasteiger partial charge is 0.241 e. The lowest BCUT2D eigenvalue weighted by Crippen LogP contribution is -2.29. The Balaban J connectivity index is 3.43. The van der Waals surface area contributed by atoms with E-state index in [0.717, 1.165) is 22.3 Å². The summed E-state index contributed by atoms with van der Waals surface area (Å²) in [6, 6.07) is 0. The van der Waals surface area contributed by atoms with Crippen molar-refractivity contribution >= 4 is 10.0 Å². The molecular weight excluding hydrogens is 258 g/mol. The Morgan fingerprint density at radius 3 is 1.58 bits per heavy atom. The smallest absolute Gasteiger partial charge is 0.211 e. The second-order valence-electron chi connectivity index (χ2n) is 5.70. The minimum absolute atomic E-state index is 0.294. The van der Waals surface area contributed by atoms with Gasteiger partial charge in [-0.15, -0.1) is 0 Å². The molecular formula is C15H25NO2S. The molecule has 0 saturated heterocycles. The van der Waals surface area contributed by atoms with Crippen LogP contribution in [-0.4, -0.2) is 15.0 Å². The molecule has 1 N–H and O–H groups in total. The van der Waals surface area contributed by atoms with Crippen molar-refractivity contribution in [1.82, 2.24) is 4.72 Å². The van der Waals surface area contributed by atoms with Crippen molar-refractivity contribution in [3.8, 4) is 0 Å². The van der Waals surface area contributed by atoms with Crippen LogP contribution in [-0.2, 0) is 10.0 Å². The summed E-state index contributed by atoms with van der Waals surface area (Å²) in [6.45, 7) is 14.2. The predicted molar refractivity (Wildman–Crippen MR) is 80.2 cm³/mol. The van der Waals surface area contributed by atoms with Gasteiger partial charge in [-0.2, -0.15) is 0 Å². The molecule has 0 aromatic heterocycles. The lowest BCUT2D eigenvalue weighted by atomic mass is 9.95. The van der Waals surface area contributed by atoms with Crippen LogP contribution in [0.15, 0.2) is 4.90 Å². The standard InChI is InChI=1S/C15H25NO2S/c1-9(2)8-16-19(17,18)15-13(6)11(4)10(3)12(5)14(15)7/h9,16H,8H2,1-7H3. The lowest BCUT2D eigenvalue weighted by Gasteiger charge is -2.19. The van der Waals surface area contributed by atoms with E-state index in [9.17, 15) is 8.42 Å². The summed E-state index contributed by atoms with van der Waals surface area (Å²) >= 11 is 0. The Bertz CT molecular complexity index is 558. The van der Waals surface area contributed by atoms with Crippen LogP contribution in [0.1, 0.15) is 41.7 Å². The van der Waals surface area contributed by atoms with E-state index >= 15 is 0 Å². The van der Waals surface area contributed by atoms with Crippen molar-refractivity contribution in [3.05, 3.63) is 27.8 Å². The van der Waals surface area contributed by atoms with Crippen molar-refractivity contribution in [1.29, 1.82) is 0 Å². The fourth-order valence-electron chi connectivity index (χ4n) is 2.22. The number of nitrogens with one attached hydrogen (secondary N) is 1. The van der Waals surface area contributed by atoms with Crippen LogP contribution in [0.3, 0.4) is 0 Å². The fraction of sp³-hybridized carbons (Fsp3) is 0.600. The molecule has 0 saturated carbocycles. The molecule has 0 aliphatic rings. The monoisotopic (exact) mass is 283 g/mol. The molecule has 0 amide bonds. The molecule has 0 fully saturated rings. The minimum Gasteiger partial charge on any atom is -0.211 e. The van der Waals surface area contributed by atoms with Gasteiger partial charge in [0.1, 0.15) is 0 Å². The Morgan fingerprint density at radius 1 is 0.842 bits per heavy atom. The van der Waals surface area contributed by atoms with Crippen LogP contribution < -0.4 is 4.72 Å². The topological polar surface area (TPSA) is 46.2 Å². The zero-order valence-electron chi connectivity index (χ0n) is 13.0. The molecule has 108 valence electrons. The van der Waals surface area contributed by atoms with Crippen LogP contribution in [0.5, 0.6) is 0 Å². The first-order valence-electron chi connectivity index (χ1n) is 6.66. The average Bonchev–Trinajstić information content (AvgIpc) is 2.31. The molecule has 0 unspecified atom stereocenters. The normalized spacial score (nSPS) is 12.2. The highest BCUT2D eigenvalue weighted by atomic mass is 32.2.